The molecule has 0 aliphatic rings. The number of rotatable bonds is 9. The summed E-state index contributed by atoms with van der Waals surface area (Å²) in [5.74, 6) is 1.71. The molecule has 0 aromatic carbocycles. The smallest absolute Gasteiger partial charge is 0.220 e. The number of carbonyl (C=O) groups excluding carboxylic acids is 2. The van der Waals surface area contributed by atoms with E-state index in [2.05, 4.69) is 10.6 Å². The van der Waals surface area contributed by atoms with Crippen molar-refractivity contribution < 1.29 is 9.59 Å². The van der Waals surface area contributed by atoms with E-state index in [4.69, 9.17) is 0 Å². The number of likely N-dealkylation sites (N-methyl/N-ethyl adjacent to an activating group) is 1. The molecule has 0 aromatic heterocycles. The molecule has 0 saturated carbocycles. The van der Waals surface area contributed by atoms with Crippen LogP contribution in [0.1, 0.15) is 19.8 Å². The number of hydrogen-bond acceptors (Lipinski definition) is 4. The summed E-state index contributed by atoms with van der Waals surface area (Å²) >= 11 is 1.66. The van der Waals surface area contributed by atoms with Crippen LogP contribution in [0.2, 0.25) is 0 Å². The second kappa shape index (κ2) is 9.98. The van der Waals surface area contributed by atoms with Crippen LogP contribution in [-0.2, 0) is 9.59 Å². The predicted octanol–water partition coefficient (Wildman–Crippen LogP) is 0.423. The summed E-state index contributed by atoms with van der Waals surface area (Å²) < 4.78 is 0. The Kier molecular flexibility index (Phi) is 9.62. The van der Waals surface area contributed by atoms with Gasteiger partial charge in [-0.25, -0.2) is 0 Å². The lowest BCUT2D eigenvalue weighted by molar-refractivity contribution is -0.121. The van der Waals surface area contributed by atoms with E-state index >= 15 is 0 Å². The summed E-state index contributed by atoms with van der Waals surface area (Å²) in [7, 11) is 1.77. The minimum absolute atomic E-state index is 0.0821. The van der Waals surface area contributed by atoms with Gasteiger partial charge in [-0.2, -0.15) is 11.8 Å². The molecule has 2 N–H and O–H groups in total. The fourth-order valence-electron chi connectivity index (χ4n) is 0.979. The van der Waals surface area contributed by atoms with Crippen LogP contribution in [0.25, 0.3) is 0 Å². The van der Waals surface area contributed by atoms with Crippen LogP contribution in [0.4, 0.5) is 0 Å². The minimum atomic E-state index is -0.0821. The Morgan fingerprint density at radius 3 is 2.80 bits per heavy atom. The second-order valence-electron chi connectivity index (χ2n) is 3.21. The van der Waals surface area contributed by atoms with Crippen LogP contribution < -0.4 is 10.6 Å². The van der Waals surface area contributed by atoms with Gasteiger partial charge in [0.15, 0.2) is 0 Å². The Morgan fingerprint density at radius 1 is 1.53 bits per heavy atom. The van der Waals surface area contributed by atoms with Crippen molar-refractivity contribution >= 4 is 24.0 Å². The number of amides is 1. The standard InChI is InChI=1S/C10H20N2O2S/c1-3-4-10(14)12-5-6-15-8-9(7-13)11-2/h7,9,11H,3-6,8H2,1-2H3,(H,12,14). The Labute approximate surface area is 95.6 Å². The molecular weight excluding hydrogens is 212 g/mol. The van der Waals surface area contributed by atoms with E-state index in [0.717, 1.165) is 24.2 Å². The summed E-state index contributed by atoms with van der Waals surface area (Å²) in [6.07, 6.45) is 2.38. The molecular formula is C10H20N2O2S. The normalized spacial score (nSPS) is 12.1. The maximum absolute atomic E-state index is 11.1. The Bertz CT molecular complexity index is 188. The minimum Gasteiger partial charge on any atom is -0.355 e. The highest BCUT2D eigenvalue weighted by molar-refractivity contribution is 7.99. The molecule has 1 amide bonds. The van der Waals surface area contributed by atoms with Crippen molar-refractivity contribution in [2.75, 3.05) is 25.1 Å². The van der Waals surface area contributed by atoms with E-state index in [9.17, 15) is 9.59 Å². The molecule has 0 rings (SSSR count). The van der Waals surface area contributed by atoms with Gasteiger partial charge in [0, 0.05) is 24.5 Å². The monoisotopic (exact) mass is 232 g/mol. The lowest BCUT2D eigenvalue weighted by atomic mass is 10.3. The van der Waals surface area contributed by atoms with E-state index in [1.54, 1.807) is 18.8 Å². The van der Waals surface area contributed by atoms with Gasteiger partial charge in [0.2, 0.25) is 5.91 Å². The largest absolute Gasteiger partial charge is 0.355 e. The molecule has 0 radical (unpaired) electrons. The highest BCUT2D eigenvalue weighted by Crippen LogP contribution is 2.00. The summed E-state index contributed by atoms with van der Waals surface area (Å²) in [5, 5.41) is 5.72. The molecule has 0 aliphatic carbocycles. The lowest BCUT2D eigenvalue weighted by Crippen LogP contribution is -2.30. The van der Waals surface area contributed by atoms with Crippen molar-refractivity contribution in [1.29, 1.82) is 0 Å². The van der Waals surface area contributed by atoms with Gasteiger partial charge in [-0.1, -0.05) is 6.92 Å². The highest BCUT2D eigenvalue weighted by Gasteiger charge is 2.03. The number of carbonyl (C=O) groups is 2. The van der Waals surface area contributed by atoms with Gasteiger partial charge in [0.25, 0.3) is 0 Å². The molecule has 0 saturated heterocycles. The third kappa shape index (κ3) is 8.44. The van der Waals surface area contributed by atoms with Gasteiger partial charge < -0.3 is 15.4 Å². The maximum Gasteiger partial charge on any atom is 0.220 e. The maximum atomic E-state index is 11.1. The van der Waals surface area contributed by atoms with Crippen molar-refractivity contribution in [3.05, 3.63) is 0 Å². The first kappa shape index (κ1) is 14.5. The van der Waals surface area contributed by atoms with Gasteiger partial charge in [0.05, 0.1) is 6.04 Å². The van der Waals surface area contributed by atoms with Crippen LogP contribution in [0.15, 0.2) is 0 Å². The first-order chi connectivity index (χ1) is 7.24. The average Bonchev–Trinajstić information content (AvgIpc) is 2.24. The summed E-state index contributed by atoms with van der Waals surface area (Å²) in [6, 6.07) is -0.0821. The number of thioether (sulfide) groups is 1. The summed E-state index contributed by atoms with van der Waals surface area (Å²) in [4.78, 5) is 21.5. The Hall–Kier alpha value is -0.550. The zero-order valence-electron chi connectivity index (χ0n) is 9.41. The third-order valence-corrected chi connectivity index (χ3v) is 2.97. The van der Waals surface area contributed by atoms with Crippen LogP contribution in [0.3, 0.4) is 0 Å². The molecule has 4 nitrogen and oxygen atoms in total. The van der Waals surface area contributed by atoms with E-state index in [1.165, 1.54) is 0 Å². The van der Waals surface area contributed by atoms with E-state index in [-0.39, 0.29) is 11.9 Å². The van der Waals surface area contributed by atoms with Crippen LogP contribution in [-0.4, -0.2) is 43.3 Å². The SMILES string of the molecule is CCCC(=O)NCCSCC(C=O)NC. The molecule has 0 aromatic rings. The molecule has 1 atom stereocenters. The predicted molar refractivity (Wildman–Crippen MR) is 64.2 cm³/mol. The number of aldehydes is 1. The molecule has 0 bridgehead atoms. The van der Waals surface area contributed by atoms with Gasteiger partial charge in [-0.05, 0) is 13.5 Å². The van der Waals surface area contributed by atoms with Gasteiger partial charge in [0.1, 0.15) is 6.29 Å². The van der Waals surface area contributed by atoms with Gasteiger partial charge >= 0.3 is 0 Å². The molecule has 15 heavy (non-hydrogen) atoms. The number of nitrogens with one attached hydrogen (secondary N) is 2. The Morgan fingerprint density at radius 2 is 2.27 bits per heavy atom. The van der Waals surface area contributed by atoms with Crippen molar-refractivity contribution in [1.82, 2.24) is 10.6 Å². The fourth-order valence-corrected chi connectivity index (χ4v) is 1.89. The molecule has 1 unspecified atom stereocenters. The first-order valence-electron chi connectivity index (χ1n) is 5.21. The summed E-state index contributed by atoms with van der Waals surface area (Å²) in [6.45, 7) is 2.66. The Balaban J connectivity index is 3.31. The number of hydrogen-bond donors (Lipinski definition) is 2. The van der Waals surface area contributed by atoms with Gasteiger partial charge in [-0.3, -0.25) is 4.79 Å². The van der Waals surface area contributed by atoms with Crippen molar-refractivity contribution in [3.8, 4) is 0 Å². The van der Waals surface area contributed by atoms with Crippen molar-refractivity contribution in [2.45, 2.75) is 25.8 Å². The van der Waals surface area contributed by atoms with Crippen molar-refractivity contribution in [3.63, 3.8) is 0 Å². The average molecular weight is 232 g/mol. The zero-order valence-corrected chi connectivity index (χ0v) is 10.2. The quantitative estimate of drug-likeness (QED) is 0.447. The zero-order chi connectivity index (χ0) is 11.5. The lowest BCUT2D eigenvalue weighted by Gasteiger charge is -2.08. The molecule has 0 heterocycles. The van der Waals surface area contributed by atoms with E-state index < -0.39 is 0 Å². The molecule has 5 heteroatoms. The molecule has 0 aliphatic heterocycles. The van der Waals surface area contributed by atoms with Crippen LogP contribution in [0, 0.1) is 0 Å². The molecule has 0 spiro atoms. The molecule has 88 valence electrons. The third-order valence-electron chi connectivity index (χ3n) is 1.88. The van der Waals surface area contributed by atoms with Crippen molar-refractivity contribution in [2.24, 2.45) is 0 Å². The van der Waals surface area contributed by atoms with Crippen LogP contribution in [0.5, 0.6) is 0 Å². The first-order valence-corrected chi connectivity index (χ1v) is 6.37. The second-order valence-corrected chi connectivity index (χ2v) is 4.36. The molecule has 0 fully saturated rings. The fraction of sp³-hybridized carbons (Fsp3) is 0.800. The summed E-state index contributed by atoms with van der Waals surface area (Å²) in [5.41, 5.74) is 0. The topological polar surface area (TPSA) is 58.2 Å². The van der Waals surface area contributed by atoms with E-state index in [1.807, 2.05) is 6.92 Å². The van der Waals surface area contributed by atoms with Gasteiger partial charge in [-0.15, -0.1) is 0 Å². The highest BCUT2D eigenvalue weighted by atomic mass is 32.2. The van der Waals surface area contributed by atoms with Crippen LogP contribution >= 0.6 is 11.8 Å². The van der Waals surface area contributed by atoms with E-state index in [0.29, 0.717) is 13.0 Å².